The minimum atomic E-state index is -1.86. The smallest absolute Gasteiger partial charge is 0.409 e. The predicted molar refractivity (Wildman–Crippen MR) is 369 cm³/mol. The number of hydrogen-bond donors (Lipinski definition) is 4. The van der Waals surface area contributed by atoms with Crippen LogP contribution in [0.3, 0.4) is 0 Å². The van der Waals surface area contributed by atoms with Crippen molar-refractivity contribution in [1.29, 1.82) is 0 Å². The molecule has 0 fully saturated rings. The molecule has 22 heteroatoms. The lowest BCUT2D eigenvalue weighted by Gasteiger charge is -2.40. The number of carbonyl (C=O) groups is 6. The van der Waals surface area contributed by atoms with E-state index in [9.17, 15) is 28.8 Å². The van der Waals surface area contributed by atoms with Crippen molar-refractivity contribution in [2.45, 2.75) is 285 Å². The molecule has 0 heterocycles. The van der Waals surface area contributed by atoms with E-state index in [4.69, 9.17) is 37.3 Å². The molecule has 84 heavy (non-hydrogen) atoms. The van der Waals surface area contributed by atoms with E-state index >= 15 is 0 Å². The predicted octanol–water partition coefficient (Wildman–Crippen LogP) is 16.6. The molecular formula is C62H140N4O14Si4. The number of esters is 2. The highest BCUT2D eigenvalue weighted by atomic mass is 28.4. The van der Waals surface area contributed by atoms with Crippen LogP contribution in [-0.2, 0) is 51.7 Å². The second-order valence-electron chi connectivity index (χ2n) is 22.9. The van der Waals surface area contributed by atoms with Crippen molar-refractivity contribution in [2.24, 2.45) is 0 Å². The molecule has 18 nitrogen and oxygen atoms in total. The molecule has 508 valence electrons. The zero-order valence-electron chi connectivity index (χ0n) is 48.8. The second kappa shape index (κ2) is 57.2. The molecule has 0 spiro atoms. The first-order chi connectivity index (χ1) is 35.1. The summed E-state index contributed by atoms with van der Waals surface area (Å²) in [6.07, 6.45) is 14.0. The van der Waals surface area contributed by atoms with Gasteiger partial charge in [-0.25, -0.2) is 24.0 Å². The Morgan fingerprint density at radius 3 is 1.40 bits per heavy atom. The monoisotopic (exact) mass is 1280 g/mol. The Kier molecular flexibility index (Phi) is 69.7. The molecule has 0 bridgehead atoms. The highest BCUT2D eigenvalue weighted by Gasteiger charge is 2.37. The summed E-state index contributed by atoms with van der Waals surface area (Å²) in [5.74, 6) is -1.38. The third-order valence-electron chi connectivity index (χ3n) is 13.4. The largest absolute Gasteiger partial charge is 0.462 e. The molecule has 0 atom stereocenters. The molecule has 0 saturated carbocycles. The van der Waals surface area contributed by atoms with E-state index < -0.39 is 61.5 Å². The topological polar surface area (TPSA) is 224 Å². The van der Waals surface area contributed by atoms with Gasteiger partial charge in [-0.3, -0.25) is 4.79 Å². The van der Waals surface area contributed by atoms with Gasteiger partial charge in [0.15, 0.2) is 30.0 Å². The summed E-state index contributed by atoms with van der Waals surface area (Å²) in [5, 5.41) is 9.89. The van der Waals surface area contributed by atoms with Crippen LogP contribution >= 0.6 is 0 Å². The van der Waals surface area contributed by atoms with Crippen molar-refractivity contribution in [3.8, 4) is 0 Å². The van der Waals surface area contributed by atoms with E-state index in [1.165, 1.54) is 31.4 Å². The second-order valence-corrected chi connectivity index (χ2v) is 40.0. The van der Waals surface area contributed by atoms with Crippen molar-refractivity contribution in [2.75, 3.05) is 59.8 Å². The van der Waals surface area contributed by atoms with Crippen LogP contribution in [0.25, 0.3) is 0 Å². The van der Waals surface area contributed by atoms with Gasteiger partial charge in [-0.15, -0.1) is 0 Å². The lowest BCUT2D eigenvalue weighted by Crippen LogP contribution is -2.44. The average molecular weight is 1280 g/mol. The SMILES string of the molecule is C.C.C.C.C.C.C.C.C.C=C(C)C(=O)OCCCCC[Si](C)(C)OC(C)(C)[SiH2]CCCCCCCCOC(=O)NCNC(=O)OCC(=O)NCNC(=O)OCCCC[Si](C)(C)OCCCCC(C)(C)[Si](C)(C)CCCCOCOC(=O)C(=C)C. The molecule has 0 radical (unpaired) electrons. The summed E-state index contributed by atoms with van der Waals surface area (Å²) >= 11 is 0. The van der Waals surface area contributed by atoms with E-state index in [-0.39, 0.29) is 121 Å². The maximum absolute atomic E-state index is 12.1. The Morgan fingerprint density at radius 1 is 0.452 bits per heavy atom. The number of nitrogens with one attached hydrogen (secondary N) is 4. The zero-order chi connectivity index (χ0) is 56.8. The maximum Gasteiger partial charge on any atom is 0.409 e. The molecule has 0 aliphatic heterocycles. The number of alkyl carbamates (subject to hydrolysis) is 3. The van der Waals surface area contributed by atoms with E-state index in [1.54, 1.807) is 13.8 Å². The van der Waals surface area contributed by atoms with Crippen LogP contribution in [0, 0.1) is 0 Å². The molecule has 0 unspecified atom stereocenters. The van der Waals surface area contributed by atoms with Gasteiger partial charge in [0, 0.05) is 23.0 Å². The summed E-state index contributed by atoms with van der Waals surface area (Å²) in [5.41, 5.74) is 0.801. The van der Waals surface area contributed by atoms with Crippen molar-refractivity contribution in [3.63, 3.8) is 0 Å². The molecule has 0 rings (SSSR count). The van der Waals surface area contributed by atoms with Gasteiger partial charge < -0.3 is 58.5 Å². The molecule has 0 aromatic heterocycles. The molecule has 0 aliphatic rings. The fraction of sp³-hybridized carbons (Fsp3) is 0.839. The van der Waals surface area contributed by atoms with Crippen LogP contribution in [0.1, 0.15) is 211 Å². The van der Waals surface area contributed by atoms with Gasteiger partial charge in [-0.05, 0) is 103 Å². The minimum absolute atomic E-state index is 0. The van der Waals surface area contributed by atoms with E-state index in [0.29, 0.717) is 35.8 Å². The van der Waals surface area contributed by atoms with E-state index in [1.807, 2.05) is 0 Å². The molecular weight excluding hydrogens is 1140 g/mol. The number of ether oxygens (including phenoxy) is 6. The Labute approximate surface area is 524 Å². The molecule has 4 amide bonds. The van der Waals surface area contributed by atoms with Crippen LogP contribution in [0.4, 0.5) is 14.4 Å². The van der Waals surface area contributed by atoms with Crippen molar-refractivity contribution >= 4 is 70.4 Å². The molecule has 0 saturated heterocycles. The lowest BCUT2D eigenvalue weighted by atomic mass is 10.1. The van der Waals surface area contributed by atoms with Crippen LogP contribution in [0.15, 0.2) is 24.3 Å². The number of unbranched alkanes of at least 4 members (excludes halogenated alkanes) is 10. The van der Waals surface area contributed by atoms with E-state index in [2.05, 4.69) is 101 Å². The number of amides is 4. The standard InChI is InChI=1S/C53H104N4O14Si4.9CH4/c1-44(2)47(59)65-32-22-19-27-39-75(13,14)71-53(7,8)72-36-26-18-16-15-17-21-33-66-50(62)56-42-57-51(63)68-40-46(58)54-41-55-49(61)67-34-25-29-38-74(11,12)70-35-23-20-30-52(5,6)73(9,10)37-28-24-31-64-43-69-48(60)45(3)4;;;;;;;;;/h1,3,15-43,72H2,2,4-14H3,(H,54,58)(H,55,61)(H,56,62)(H,57,63);9*1H4. The van der Waals surface area contributed by atoms with Gasteiger partial charge in [0.05, 0.1) is 57.4 Å². The quantitative estimate of drug-likeness (QED) is 0.0111. The van der Waals surface area contributed by atoms with Gasteiger partial charge in [0.25, 0.3) is 5.91 Å². The Hall–Kier alpha value is -3.55. The van der Waals surface area contributed by atoms with Gasteiger partial charge in [-0.1, -0.05) is 190 Å². The summed E-state index contributed by atoms with van der Waals surface area (Å²) < 4.78 is 44.0. The maximum atomic E-state index is 12.1. The van der Waals surface area contributed by atoms with E-state index in [0.717, 1.165) is 95.7 Å². The fourth-order valence-corrected chi connectivity index (χ4v) is 18.4. The van der Waals surface area contributed by atoms with Crippen LogP contribution in [0.2, 0.25) is 68.5 Å². The number of carbonyl (C=O) groups excluding carboxylic acids is 6. The Morgan fingerprint density at radius 2 is 0.857 bits per heavy atom. The summed E-state index contributed by atoms with van der Waals surface area (Å²) in [4.78, 5) is 71.1. The molecule has 0 aromatic rings. The Balaban J connectivity index is -0.000000761. The summed E-state index contributed by atoms with van der Waals surface area (Å²) in [6.45, 7) is 35.0. The highest BCUT2D eigenvalue weighted by molar-refractivity contribution is 6.80. The van der Waals surface area contributed by atoms with Gasteiger partial charge in [0.1, 0.15) is 0 Å². The van der Waals surface area contributed by atoms with Crippen molar-refractivity contribution < 1.29 is 66.0 Å². The van der Waals surface area contributed by atoms with Crippen LogP contribution in [0.5, 0.6) is 0 Å². The first-order valence-corrected chi connectivity index (χ1v) is 38.8. The number of rotatable bonds is 45. The molecule has 0 aliphatic carbocycles. The fourth-order valence-electron chi connectivity index (χ4n) is 8.04. The van der Waals surface area contributed by atoms with Gasteiger partial charge >= 0.3 is 30.2 Å². The molecule has 4 N–H and O–H groups in total. The summed E-state index contributed by atoms with van der Waals surface area (Å²) in [6, 6.07) is 4.53. The van der Waals surface area contributed by atoms with Gasteiger partial charge in [0.2, 0.25) is 0 Å². The summed E-state index contributed by atoms with van der Waals surface area (Å²) in [7, 11) is -5.50. The van der Waals surface area contributed by atoms with Gasteiger partial charge in [-0.2, -0.15) is 0 Å². The zero-order valence-corrected chi connectivity index (χ0v) is 53.3. The molecule has 0 aromatic carbocycles. The van der Waals surface area contributed by atoms with Crippen LogP contribution < -0.4 is 21.3 Å². The first-order valence-electron chi connectivity index (χ1n) is 27.7. The first kappa shape index (κ1) is 102. The minimum Gasteiger partial charge on any atom is -0.462 e. The van der Waals surface area contributed by atoms with Crippen LogP contribution in [-0.4, -0.2) is 135 Å². The number of hydrogen-bond acceptors (Lipinski definition) is 14. The normalized spacial score (nSPS) is 10.9. The Bertz CT molecular complexity index is 1700. The third-order valence-corrected chi connectivity index (χ3v) is 26.6. The van der Waals surface area contributed by atoms with Crippen molar-refractivity contribution in [3.05, 3.63) is 24.3 Å². The third kappa shape index (κ3) is 57.5. The lowest BCUT2D eigenvalue weighted by molar-refractivity contribution is -0.151. The highest BCUT2D eigenvalue weighted by Crippen LogP contribution is 2.44. The van der Waals surface area contributed by atoms with Crippen molar-refractivity contribution in [1.82, 2.24) is 21.3 Å². The average Bonchev–Trinajstić information content (AvgIpc) is 3.31.